The van der Waals surface area contributed by atoms with Crippen molar-refractivity contribution in [2.45, 2.75) is 44.4 Å². The van der Waals surface area contributed by atoms with Crippen LogP contribution in [-0.4, -0.2) is 49.1 Å². The molecule has 2 amide bonds. The number of likely N-dealkylation sites (tertiary alicyclic amines) is 1. The third kappa shape index (κ3) is 2.47. The molecule has 0 aromatic rings. The van der Waals surface area contributed by atoms with Gasteiger partial charge in [0.15, 0.2) is 5.79 Å². The quantitative estimate of drug-likeness (QED) is 0.809. The first kappa shape index (κ1) is 12.2. The Morgan fingerprint density at radius 1 is 1.17 bits per heavy atom. The van der Waals surface area contributed by atoms with Crippen molar-refractivity contribution in [3.05, 3.63) is 0 Å². The minimum Gasteiger partial charge on any atom is -0.348 e. The van der Waals surface area contributed by atoms with E-state index in [1.165, 1.54) is 0 Å². The number of hydrogen-bond acceptors (Lipinski definition) is 3. The van der Waals surface area contributed by atoms with Gasteiger partial charge in [0, 0.05) is 25.0 Å². The molecule has 2 aliphatic heterocycles. The molecule has 3 aliphatic rings. The minimum atomic E-state index is -0.418. The van der Waals surface area contributed by atoms with E-state index in [1.807, 2.05) is 11.8 Å². The van der Waals surface area contributed by atoms with Gasteiger partial charge in [-0.15, -0.1) is 0 Å². The number of amides is 2. The van der Waals surface area contributed by atoms with Crippen LogP contribution in [0.15, 0.2) is 0 Å². The van der Waals surface area contributed by atoms with Gasteiger partial charge in [0.25, 0.3) is 0 Å². The molecule has 1 aliphatic carbocycles. The Morgan fingerprint density at radius 2 is 1.78 bits per heavy atom. The van der Waals surface area contributed by atoms with Gasteiger partial charge in [-0.25, -0.2) is 4.79 Å². The van der Waals surface area contributed by atoms with Gasteiger partial charge in [-0.1, -0.05) is 0 Å². The van der Waals surface area contributed by atoms with Gasteiger partial charge in [-0.2, -0.15) is 0 Å². The zero-order chi connectivity index (χ0) is 12.6. The molecule has 2 saturated heterocycles. The standard InChI is InChI=1S/C13H22N2O3/c1-13(17-8-9-18-13)10-4-6-15(7-5-10)12(16)14-11-2-3-11/h10-11H,2-9H2,1H3,(H,14,16). The normalized spacial score (nSPS) is 28.4. The summed E-state index contributed by atoms with van der Waals surface area (Å²) < 4.78 is 11.4. The Morgan fingerprint density at radius 3 is 2.33 bits per heavy atom. The summed E-state index contributed by atoms with van der Waals surface area (Å²) in [6.45, 7) is 5.04. The molecule has 102 valence electrons. The molecule has 3 fully saturated rings. The molecular formula is C13H22N2O3. The van der Waals surface area contributed by atoms with Crippen LogP contribution >= 0.6 is 0 Å². The van der Waals surface area contributed by atoms with E-state index in [9.17, 15) is 4.79 Å². The summed E-state index contributed by atoms with van der Waals surface area (Å²) in [5.74, 6) is -0.0102. The minimum absolute atomic E-state index is 0.106. The van der Waals surface area contributed by atoms with Crippen LogP contribution in [0.2, 0.25) is 0 Å². The van der Waals surface area contributed by atoms with Crippen LogP contribution in [0.1, 0.15) is 32.6 Å². The second kappa shape index (κ2) is 4.70. The van der Waals surface area contributed by atoms with Crippen LogP contribution in [0.3, 0.4) is 0 Å². The third-order valence-corrected chi connectivity index (χ3v) is 4.29. The lowest BCUT2D eigenvalue weighted by atomic mass is 9.89. The van der Waals surface area contributed by atoms with Crippen LogP contribution < -0.4 is 5.32 Å². The van der Waals surface area contributed by atoms with Crippen LogP contribution in [-0.2, 0) is 9.47 Å². The van der Waals surface area contributed by atoms with Crippen molar-refractivity contribution in [1.29, 1.82) is 0 Å². The van der Waals surface area contributed by atoms with Crippen LogP contribution in [0.5, 0.6) is 0 Å². The molecule has 18 heavy (non-hydrogen) atoms. The molecule has 3 rings (SSSR count). The van der Waals surface area contributed by atoms with Crippen LogP contribution in [0.4, 0.5) is 4.79 Å². The van der Waals surface area contributed by atoms with Crippen molar-refractivity contribution in [2.24, 2.45) is 5.92 Å². The molecule has 2 heterocycles. The average molecular weight is 254 g/mol. The molecule has 0 aromatic heterocycles. The molecule has 5 nitrogen and oxygen atoms in total. The van der Waals surface area contributed by atoms with E-state index < -0.39 is 5.79 Å². The fourth-order valence-corrected chi connectivity index (χ4v) is 2.87. The highest BCUT2D eigenvalue weighted by Crippen LogP contribution is 2.35. The van der Waals surface area contributed by atoms with Gasteiger partial charge >= 0.3 is 6.03 Å². The van der Waals surface area contributed by atoms with Gasteiger partial charge < -0.3 is 19.7 Å². The van der Waals surface area contributed by atoms with Crippen molar-refractivity contribution in [1.82, 2.24) is 10.2 Å². The molecule has 0 radical (unpaired) electrons. The van der Waals surface area contributed by atoms with Crippen molar-refractivity contribution < 1.29 is 14.3 Å². The number of ether oxygens (including phenoxy) is 2. The summed E-state index contributed by atoms with van der Waals surface area (Å²) in [5.41, 5.74) is 0. The number of carbonyl (C=O) groups is 1. The van der Waals surface area contributed by atoms with Crippen molar-refractivity contribution in [2.75, 3.05) is 26.3 Å². The molecule has 0 spiro atoms. The Bertz CT molecular complexity index is 316. The molecule has 1 N–H and O–H groups in total. The lowest BCUT2D eigenvalue weighted by Gasteiger charge is -2.39. The number of nitrogens with zero attached hydrogens (tertiary/aromatic N) is 1. The summed E-state index contributed by atoms with van der Waals surface area (Å²) in [6.07, 6.45) is 4.22. The zero-order valence-corrected chi connectivity index (χ0v) is 11.0. The SMILES string of the molecule is CC1(C2CCN(C(=O)NC3CC3)CC2)OCCO1. The molecule has 5 heteroatoms. The molecular weight excluding hydrogens is 232 g/mol. The van der Waals surface area contributed by atoms with E-state index in [0.717, 1.165) is 38.8 Å². The van der Waals surface area contributed by atoms with Gasteiger partial charge in [0.1, 0.15) is 0 Å². The molecule has 0 bridgehead atoms. The second-order valence-electron chi connectivity index (χ2n) is 5.70. The smallest absolute Gasteiger partial charge is 0.317 e. The van der Waals surface area contributed by atoms with E-state index in [4.69, 9.17) is 9.47 Å². The Labute approximate surface area is 108 Å². The first-order valence-corrected chi connectivity index (χ1v) is 7.01. The fourth-order valence-electron chi connectivity index (χ4n) is 2.87. The van der Waals surface area contributed by atoms with Crippen LogP contribution in [0, 0.1) is 5.92 Å². The van der Waals surface area contributed by atoms with Gasteiger partial charge in [0.2, 0.25) is 0 Å². The van der Waals surface area contributed by atoms with E-state index in [2.05, 4.69) is 5.32 Å². The third-order valence-electron chi connectivity index (χ3n) is 4.29. The first-order valence-electron chi connectivity index (χ1n) is 7.01. The Hall–Kier alpha value is -0.810. The first-order chi connectivity index (χ1) is 8.67. The van der Waals surface area contributed by atoms with Gasteiger partial charge in [0.05, 0.1) is 13.2 Å². The Balaban J connectivity index is 1.49. The number of rotatable bonds is 2. The maximum atomic E-state index is 11.9. The topological polar surface area (TPSA) is 50.8 Å². The van der Waals surface area contributed by atoms with Gasteiger partial charge in [-0.05, 0) is 32.6 Å². The molecule has 1 saturated carbocycles. The highest BCUT2D eigenvalue weighted by molar-refractivity contribution is 5.74. The number of nitrogens with one attached hydrogen (secondary N) is 1. The number of piperidine rings is 1. The van der Waals surface area contributed by atoms with Gasteiger partial charge in [-0.3, -0.25) is 0 Å². The monoisotopic (exact) mass is 254 g/mol. The van der Waals surface area contributed by atoms with Crippen LogP contribution in [0.25, 0.3) is 0 Å². The summed E-state index contributed by atoms with van der Waals surface area (Å²) in [5, 5.41) is 3.04. The molecule has 0 atom stereocenters. The lowest BCUT2D eigenvalue weighted by molar-refractivity contribution is -0.189. The predicted octanol–water partition coefficient (Wildman–Crippen LogP) is 1.33. The van der Waals surface area contributed by atoms with E-state index in [0.29, 0.717) is 25.2 Å². The summed E-state index contributed by atoms with van der Waals surface area (Å²) >= 11 is 0. The maximum Gasteiger partial charge on any atom is 0.317 e. The molecule has 0 unspecified atom stereocenters. The summed E-state index contributed by atoms with van der Waals surface area (Å²) in [6, 6.07) is 0.545. The van der Waals surface area contributed by atoms with Crippen molar-refractivity contribution >= 4 is 6.03 Å². The average Bonchev–Trinajstić information content (AvgIpc) is 3.09. The van der Waals surface area contributed by atoms with E-state index in [1.54, 1.807) is 0 Å². The lowest BCUT2D eigenvalue weighted by Crippen LogP contribution is -2.49. The largest absolute Gasteiger partial charge is 0.348 e. The van der Waals surface area contributed by atoms with E-state index >= 15 is 0 Å². The number of urea groups is 1. The number of hydrogen-bond donors (Lipinski definition) is 1. The second-order valence-corrected chi connectivity index (χ2v) is 5.70. The highest BCUT2D eigenvalue weighted by Gasteiger charge is 2.42. The predicted molar refractivity (Wildman–Crippen MR) is 66.2 cm³/mol. The summed E-state index contributed by atoms with van der Waals surface area (Å²) in [4.78, 5) is 13.8. The van der Waals surface area contributed by atoms with E-state index in [-0.39, 0.29) is 6.03 Å². The summed E-state index contributed by atoms with van der Waals surface area (Å²) in [7, 11) is 0. The maximum absolute atomic E-state index is 11.9. The zero-order valence-electron chi connectivity index (χ0n) is 11.0. The number of carbonyl (C=O) groups excluding carboxylic acids is 1. The molecule has 0 aromatic carbocycles. The van der Waals surface area contributed by atoms with Crippen molar-refractivity contribution in [3.63, 3.8) is 0 Å². The highest BCUT2D eigenvalue weighted by atomic mass is 16.7. The Kier molecular flexibility index (Phi) is 3.20. The van der Waals surface area contributed by atoms with Crippen molar-refractivity contribution in [3.8, 4) is 0 Å². The fraction of sp³-hybridized carbons (Fsp3) is 0.923.